The highest BCUT2D eigenvalue weighted by Crippen LogP contribution is 2.38. The number of aryl methyl sites for hydroxylation is 2. The van der Waals surface area contributed by atoms with Gasteiger partial charge in [0.15, 0.2) is 17.4 Å². The van der Waals surface area contributed by atoms with Crippen molar-refractivity contribution < 1.29 is 23.2 Å². The monoisotopic (exact) mass is 462 g/mol. The molecule has 5 nitrogen and oxygen atoms in total. The Morgan fingerprint density at radius 1 is 1.00 bits per heavy atom. The number of aromatic nitrogens is 1. The number of Topliss-reactive ketones (excluding diaryl/α,β-unsaturated/α-hetero) is 2. The Morgan fingerprint density at radius 2 is 1.74 bits per heavy atom. The molecule has 1 aliphatic carbocycles. The number of nitrogens with zero attached hydrogens (tertiary/aromatic N) is 1. The van der Waals surface area contributed by atoms with Crippen LogP contribution in [0.3, 0.4) is 0 Å². The van der Waals surface area contributed by atoms with Crippen molar-refractivity contribution in [2.75, 3.05) is 6.54 Å². The highest BCUT2D eigenvalue weighted by Gasteiger charge is 2.42. The van der Waals surface area contributed by atoms with Gasteiger partial charge < -0.3 is 5.32 Å². The molecule has 1 N–H and O–H groups in total. The van der Waals surface area contributed by atoms with Gasteiger partial charge in [-0.1, -0.05) is 24.3 Å². The maximum Gasteiger partial charge on any atom is 0.269 e. The molecular weight excluding hydrogens is 438 g/mol. The molecule has 2 atom stereocenters. The van der Waals surface area contributed by atoms with E-state index in [1.165, 1.54) is 12.3 Å². The highest BCUT2D eigenvalue weighted by molar-refractivity contribution is 6.15. The molecule has 1 aromatic heterocycles. The molecule has 1 heterocycles. The first-order chi connectivity index (χ1) is 16.3. The molecule has 3 aromatic rings. The highest BCUT2D eigenvalue weighted by atomic mass is 19.2. The lowest BCUT2D eigenvalue weighted by molar-refractivity contribution is -0.124. The molecule has 7 heteroatoms. The van der Waals surface area contributed by atoms with E-state index >= 15 is 0 Å². The van der Waals surface area contributed by atoms with E-state index in [0.717, 1.165) is 23.3 Å². The van der Waals surface area contributed by atoms with Crippen LogP contribution in [0.2, 0.25) is 0 Å². The fraction of sp³-hybridized carbons (Fsp3) is 0.259. The molecular formula is C27H24F2N2O3. The van der Waals surface area contributed by atoms with Gasteiger partial charge >= 0.3 is 0 Å². The number of halogens is 2. The largest absolute Gasteiger partial charge is 0.351 e. The van der Waals surface area contributed by atoms with Crippen LogP contribution >= 0.6 is 0 Å². The van der Waals surface area contributed by atoms with E-state index < -0.39 is 23.5 Å². The van der Waals surface area contributed by atoms with Gasteiger partial charge in [0.2, 0.25) is 0 Å². The number of hydrogen-bond acceptors (Lipinski definition) is 4. The van der Waals surface area contributed by atoms with E-state index in [1.54, 1.807) is 30.3 Å². The molecule has 34 heavy (non-hydrogen) atoms. The summed E-state index contributed by atoms with van der Waals surface area (Å²) in [4.78, 5) is 42.2. The summed E-state index contributed by atoms with van der Waals surface area (Å²) in [5, 5.41) is 2.75. The third-order valence-electron chi connectivity index (χ3n) is 6.27. The van der Waals surface area contributed by atoms with Crippen LogP contribution in [0.4, 0.5) is 8.78 Å². The van der Waals surface area contributed by atoms with Crippen LogP contribution in [0, 0.1) is 31.4 Å². The normalized spacial score (nSPS) is 17.8. The second kappa shape index (κ2) is 9.63. The quantitative estimate of drug-likeness (QED) is 0.539. The first-order valence-corrected chi connectivity index (χ1v) is 11.1. The summed E-state index contributed by atoms with van der Waals surface area (Å²) < 4.78 is 27.0. The van der Waals surface area contributed by atoms with Gasteiger partial charge in [0.25, 0.3) is 5.91 Å². The smallest absolute Gasteiger partial charge is 0.269 e. The molecule has 0 aliphatic heterocycles. The Bertz CT molecular complexity index is 1250. The third kappa shape index (κ3) is 4.64. The van der Waals surface area contributed by atoms with Crippen molar-refractivity contribution in [2.24, 2.45) is 5.92 Å². The Morgan fingerprint density at radius 3 is 2.38 bits per heavy atom. The minimum Gasteiger partial charge on any atom is -0.351 e. The first-order valence-electron chi connectivity index (χ1n) is 11.1. The van der Waals surface area contributed by atoms with E-state index in [4.69, 9.17) is 0 Å². The van der Waals surface area contributed by atoms with Crippen molar-refractivity contribution in [1.29, 1.82) is 0 Å². The van der Waals surface area contributed by atoms with Crippen LogP contribution in [-0.4, -0.2) is 29.0 Å². The zero-order valence-corrected chi connectivity index (χ0v) is 18.9. The van der Waals surface area contributed by atoms with Gasteiger partial charge in [-0.25, -0.2) is 8.78 Å². The molecule has 1 aliphatic rings. The molecule has 2 aromatic carbocycles. The lowest BCUT2D eigenvalue weighted by atomic mass is 9.85. The Labute approximate surface area is 196 Å². The standard InChI is InChI=1S/C27H24F2N2O3/c1-15-11-19(17-6-7-20(28)21(29)13-17)12-16(2)24(15)25-23(32)14-18(26(25)33)8-10-31-27(34)22-5-3-4-9-30-22/h3-7,9,11-13,18,25H,8,10,14H2,1-2H3,(H,31,34). The van der Waals surface area contributed by atoms with E-state index in [-0.39, 0.29) is 30.4 Å². The van der Waals surface area contributed by atoms with Gasteiger partial charge in [0, 0.05) is 25.1 Å². The summed E-state index contributed by atoms with van der Waals surface area (Å²) >= 11 is 0. The van der Waals surface area contributed by atoms with Gasteiger partial charge in [0.05, 0.1) is 0 Å². The summed E-state index contributed by atoms with van der Waals surface area (Å²) in [6.45, 7) is 3.89. The molecule has 1 fully saturated rings. The molecule has 4 rings (SSSR count). The van der Waals surface area contributed by atoms with Crippen molar-refractivity contribution in [3.05, 3.63) is 88.7 Å². The number of nitrogens with one attached hydrogen (secondary N) is 1. The summed E-state index contributed by atoms with van der Waals surface area (Å²) in [6.07, 6.45) is 2.03. The number of rotatable bonds is 6. The number of carbonyl (C=O) groups is 3. The zero-order chi connectivity index (χ0) is 24.4. The summed E-state index contributed by atoms with van der Waals surface area (Å²) in [5.41, 5.74) is 3.65. The van der Waals surface area contributed by atoms with Gasteiger partial charge in [-0.3, -0.25) is 19.4 Å². The zero-order valence-electron chi connectivity index (χ0n) is 18.9. The van der Waals surface area contributed by atoms with Crippen LogP contribution in [0.5, 0.6) is 0 Å². The average molecular weight is 462 g/mol. The number of benzene rings is 2. The maximum absolute atomic E-state index is 13.7. The first kappa shape index (κ1) is 23.4. The summed E-state index contributed by atoms with van der Waals surface area (Å²) in [6, 6.07) is 12.3. The van der Waals surface area contributed by atoms with Crippen LogP contribution in [0.25, 0.3) is 11.1 Å². The van der Waals surface area contributed by atoms with Crippen molar-refractivity contribution in [3.8, 4) is 11.1 Å². The predicted octanol–water partition coefficient (Wildman–Crippen LogP) is 4.71. The minimum atomic E-state index is -0.934. The van der Waals surface area contributed by atoms with E-state index in [9.17, 15) is 23.2 Å². The van der Waals surface area contributed by atoms with Crippen LogP contribution < -0.4 is 5.32 Å². The molecule has 174 valence electrons. The number of carbonyl (C=O) groups excluding carboxylic acids is 3. The van der Waals surface area contributed by atoms with Crippen LogP contribution in [0.1, 0.15) is 45.9 Å². The molecule has 0 saturated heterocycles. The summed E-state index contributed by atoms with van der Waals surface area (Å²) in [5.74, 6) is -3.79. The number of hydrogen-bond donors (Lipinski definition) is 1. The Hall–Kier alpha value is -3.74. The van der Waals surface area contributed by atoms with E-state index in [0.29, 0.717) is 28.8 Å². The van der Waals surface area contributed by atoms with Crippen molar-refractivity contribution in [1.82, 2.24) is 10.3 Å². The lowest BCUT2D eigenvalue weighted by Gasteiger charge is -2.17. The van der Waals surface area contributed by atoms with Gasteiger partial charge in [-0.2, -0.15) is 0 Å². The maximum atomic E-state index is 13.7. The average Bonchev–Trinajstić information content (AvgIpc) is 3.09. The van der Waals surface area contributed by atoms with Gasteiger partial charge in [-0.15, -0.1) is 0 Å². The molecule has 1 amide bonds. The van der Waals surface area contributed by atoms with E-state index in [2.05, 4.69) is 10.3 Å². The molecule has 0 spiro atoms. The SMILES string of the molecule is Cc1cc(-c2ccc(F)c(F)c2)cc(C)c1C1C(=O)CC(CCNC(=O)c2ccccn2)C1=O. The topological polar surface area (TPSA) is 76.1 Å². The molecule has 1 saturated carbocycles. The second-order valence-electron chi connectivity index (χ2n) is 8.61. The Balaban J connectivity index is 1.48. The molecule has 0 bridgehead atoms. The lowest BCUT2D eigenvalue weighted by Crippen LogP contribution is -2.27. The van der Waals surface area contributed by atoms with Gasteiger partial charge in [0.1, 0.15) is 17.4 Å². The predicted molar refractivity (Wildman–Crippen MR) is 123 cm³/mol. The fourth-order valence-electron chi connectivity index (χ4n) is 4.62. The van der Waals surface area contributed by atoms with Crippen LogP contribution in [0.15, 0.2) is 54.7 Å². The number of ketones is 2. The fourth-order valence-corrected chi connectivity index (χ4v) is 4.62. The van der Waals surface area contributed by atoms with Crippen molar-refractivity contribution in [2.45, 2.75) is 32.6 Å². The number of pyridine rings is 1. The van der Waals surface area contributed by atoms with Crippen molar-refractivity contribution in [3.63, 3.8) is 0 Å². The summed E-state index contributed by atoms with van der Waals surface area (Å²) in [7, 11) is 0. The van der Waals surface area contributed by atoms with E-state index in [1.807, 2.05) is 13.8 Å². The Kier molecular flexibility index (Phi) is 6.63. The third-order valence-corrected chi connectivity index (χ3v) is 6.27. The second-order valence-corrected chi connectivity index (χ2v) is 8.61. The minimum absolute atomic E-state index is 0.132. The van der Waals surface area contributed by atoms with Crippen LogP contribution in [-0.2, 0) is 9.59 Å². The van der Waals surface area contributed by atoms with Crippen molar-refractivity contribution >= 4 is 17.5 Å². The van der Waals surface area contributed by atoms with Gasteiger partial charge in [-0.05, 0) is 72.4 Å². The number of amides is 1. The molecule has 0 radical (unpaired) electrons. The molecule has 2 unspecified atom stereocenters.